The van der Waals surface area contributed by atoms with E-state index < -0.39 is 10.8 Å². The van der Waals surface area contributed by atoms with E-state index in [4.69, 9.17) is 4.74 Å². The number of ether oxygens (including phenoxy) is 1. The average Bonchev–Trinajstić information content (AvgIpc) is 2.61. The lowest BCUT2D eigenvalue weighted by molar-refractivity contribution is -0.384. The summed E-state index contributed by atoms with van der Waals surface area (Å²) in [5.74, 6) is 0.0443. The third-order valence-electron chi connectivity index (χ3n) is 3.20. The van der Waals surface area contributed by atoms with Crippen molar-refractivity contribution in [1.82, 2.24) is 0 Å². The largest absolute Gasteiger partial charge is 0.497 e. The second-order valence-electron chi connectivity index (χ2n) is 4.82. The number of nitro benzene ring substituents is 1. The van der Waals surface area contributed by atoms with Crippen LogP contribution in [0.4, 0.5) is 11.4 Å². The fourth-order valence-corrected chi connectivity index (χ4v) is 2.39. The molecule has 1 amide bonds. The second-order valence-corrected chi connectivity index (χ2v) is 5.67. The lowest BCUT2D eigenvalue weighted by atomic mass is 10.1. The van der Waals surface area contributed by atoms with Gasteiger partial charge in [0.15, 0.2) is 0 Å². The molecular formula is C17H12BrN3O4. The normalized spacial score (nSPS) is 10.7. The number of benzene rings is 2. The molecule has 0 saturated heterocycles. The Hall–Kier alpha value is -3.18. The molecule has 0 fully saturated rings. The molecule has 2 aromatic rings. The number of non-ortho nitro benzene ring substituents is 1. The predicted octanol–water partition coefficient (Wildman–Crippen LogP) is 3.91. The van der Waals surface area contributed by atoms with E-state index in [0.29, 0.717) is 21.5 Å². The smallest absolute Gasteiger partial charge is 0.270 e. The van der Waals surface area contributed by atoms with E-state index in [9.17, 15) is 20.2 Å². The van der Waals surface area contributed by atoms with Gasteiger partial charge >= 0.3 is 0 Å². The molecular weight excluding hydrogens is 390 g/mol. The summed E-state index contributed by atoms with van der Waals surface area (Å²) in [6.07, 6.45) is 1.44. The number of nitriles is 1. The molecule has 1 N–H and O–H groups in total. The van der Waals surface area contributed by atoms with Gasteiger partial charge in [-0.25, -0.2) is 0 Å². The average molecular weight is 402 g/mol. The van der Waals surface area contributed by atoms with E-state index in [2.05, 4.69) is 21.2 Å². The predicted molar refractivity (Wildman–Crippen MR) is 96.0 cm³/mol. The molecule has 0 unspecified atom stereocenters. The van der Waals surface area contributed by atoms with E-state index in [1.807, 2.05) is 6.07 Å². The van der Waals surface area contributed by atoms with Crippen LogP contribution >= 0.6 is 15.9 Å². The number of carbonyl (C=O) groups is 1. The summed E-state index contributed by atoms with van der Waals surface area (Å²) in [6, 6.07) is 12.6. The highest BCUT2D eigenvalue weighted by molar-refractivity contribution is 9.10. The molecule has 0 radical (unpaired) electrons. The van der Waals surface area contributed by atoms with Crippen molar-refractivity contribution in [2.45, 2.75) is 0 Å². The van der Waals surface area contributed by atoms with Gasteiger partial charge in [-0.15, -0.1) is 0 Å². The summed E-state index contributed by atoms with van der Waals surface area (Å²) in [5, 5.41) is 22.5. The molecule has 0 heterocycles. The first kappa shape index (κ1) is 18.2. The van der Waals surface area contributed by atoms with E-state index in [0.717, 1.165) is 0 Å². The second kappa shape index (κ2) is 8.08. The number of hydrogen-bond donors (Lipinski definition) is 1. The highest BCUT2D eigenvalue weighted by Gasteiger charge is 2.14. The molecule has 0 bridgehead atoms. The van der Waals surface area contributed by atoms with Crippen molar-refractivity contribution in [1.29, 1.82) is 5.26 Å². The maximum atomic E-state index is 12.3. The highest BCUT2D eigenvalue weighted by atomic mass is 79.9. The summed E-state index contributed by atoms with van der Waals surface area (Å²) in [5.41, 5.74) is 0.774. The van der Waals surface area contributed by atoms with Crippen LogP contribution in [0, 0.1) is 21.4 Å². The van der Waals surface area contributed by atoms with E-state index >= 15 is 0 Å². The van der Waals surface area contributed by atoms with Crippen LogP contribution in [-0.2, 0) is 4.79 Å². The zero-order chi connectivity index (χ0) is 18.4. The molecule has 8 heteroatoms. The molecule has 126 valence electrons. The molecule has 0 aliphatic rings. The molecule has 2 rings (SSSR count). The van der Waals surface area contributed by atoms with E-state index in [1.165, 1.54) is 24.3 Å². The molecule has 25 heavy (non-hydrogen) atoms. The number of rotatable bonds is 5. The zero-order valence-corrected chi connectivity index (χ0v) is 14.6. The monoisotopic (exact) mass is 401 g/mol. The van der Waals surface area contributed by atoms with Gasteiger partial charge in [0.1, 0.15) is 17.4 Å². The van der Waals surface area contributed by atoms with Gasteiger partial charge in [-0.05, 0) is 45.8 Å². The summed E-state index contributed by atoms with van der Waals surface area (Å²) in [6.45, 7) is 0. The topological polar surface area (TPSA) is 105 Å². The Labute approximate surface area is 151 Å². The number of anilines is 1. The minimum atomic E-state index is -0.618. The Balaban J connectivity index is 2.21. The van der Waals surface area contributed by atoms with Gasteiger partial charge in [0.25, 0.3) is 11.6 Å². The lowest BCUT2D eigenvalue weighted by Crippen LogP contribution is -2.13. The number of halogens is 1. The maximum absolute atomic E-state index is 12.3. The minimum Gasteiger partial charge on any atom is -0.497 e. The lowest BCUT2D eigenvalue weighted by Gasteiger charge is -2.07. The van der Waals surface area contributed by atoms with Gasteiger partial charge in [0.2, 0.25) is 0 Å². The minimum absolute atomic E-state index is 0.101. The molecule has 0 aromatic heterocycles. The number of carbonyl (C=O) groups excluding carboxylic acids is 1. The molecule has 7 nitrogen and oxygen atoms in total. The van der Waals surface area contributed by atoms with Crippen LogP contribution in [0.3, 0.4) is 0 Å². The molecule has 2 aromatic carbocycles. The van der Waals surface area contributed by atoms with Gasteiger partial charge in [-0.2, -0.15) is 5.26 Å². The third kappa shape index (κ3) is 4.65. The van der Waals surface area contributed by atoms with Crippen molar-refractivity contribution in [2.24, 2.45) is 0 Å². The first-order valence-electron chi connectivity index (χ1n) is 6.95. The Kier molecular flexibility index (Phi) is 5.87. The van der Waals surface area contributed by atoms with Gasteiger partial charge < -0.3 is 10.1 Å². The van der Waals surface area contributed by atoms with Crippen molar-refractivity contribution in [3.63, 3.8) is 0 Å². The molecule has 0 atom stereocenters. The first-order chi connectivity index (χ1) is 11.9. The summed E-state index contributed by atoms with van der Waals surface area (Å²) in [7, 11) is 1.54. The molecule has 0 saturated carbocycles. The Morgan fingerprint density at radius 2 is 2.00 bits per heavy atom. The number of hydrogen-bond acceptors (Lipinski definition) is 5. The van der Waals surface area contributed by atoms with Crippen molar-refractivity contribution >= 4 is 39.3 Å². The maximum Gasteiger partial charge on any atom is 0.270 e. The van der Waals surface area contributed by atoms with Crippen molar-refractivity contribution in [2.75, 3.05) is 12.4 Å². The number of amides is 1. The fourth-order valence-electron chi connectivity index (χ4n) is 1.92. The number of nitro groups is 1. The van der Waals surface area contributed by atoms with Gasteiger partial charge in [0, 0.05) is 16.6 Å². The number of nitrogens with one attached hydrogen (secondary N) is 1. The molecule has 0 aliphatic carbocycles. The standard InChI is InChI=1S/C17H12BrN3O4/c1-25-14-5-2-11(3-6-14)8-12(10-19)17(22)20-16-7-4-13(21(23)24)9-15(16)18/h2-9H,1H3,(H,20,22). The van der Waals surface area contributed by atoms with Crippen LogP contribution in [0.5, 0.6) is 5.75 Å². The summed E-state index contributed by atoms with van der Waals surface area (Å²) >= 11 is 3.16. The molecule has 0 aliphatic heterocycles. The van der Waals surface area contributed by atoms with Crippen LogP contribution < -0.4 is 10.1 Å². The van der Waals surface area contributed by atoms with E-state index in [1.54, 1.807) is 31.4 Å². The summed E-state index contributed by atoms with van der Waals surface area (Å²) < 4.78 is 5.39. The SMILES string of the molecule is COc1ccc(C=C(C#N)C(=O)Nc2ccc([N+](=O)[O-])cc2Br)cc1. The highest BCUT2D eigenvalue weighted by Crippen LogP contribution is 2.27. The van der Waals surface area contributed by atoms with E-state index in [-0.39, 0.29) is 11.3 Å². The van der Waals surface area contributed by atoms with Crippen LogP contribution in [0.25, 0.3) is 6.08 Å². The van der Waals surface area contributed by atoms with Crippen LogP contribution in [0.1, 0.15) is 5.56 Å². The van der Waals surface area contributed by atoms with Gasteiger partial charge in [-0.3, -0.25) is 14.9 Å². The summed E-state index contributed by atoms with van der Waals surface area (Å²) in [4.78, 5) is 22.4. The first-order valence-corrected chi connectivity index (χ1v) is 7.75. The Morgan fingerprint density at radius 1 is 1.32 bits per heavy atom. The zero-order valence-electron chi connectivity index (χ0n) is 13.0. The number of nitrogens with zero attached hydrogens (tertiary/aromatic N) is 2. The number of methoxy groups -OCH3 is 1. The van der Waals surface area contributed by atoms with Gasteiger partial charge in [-0.1, -0.05) is 12.1 Å². The van der Waals surface area contributed by atoms with Crippen LogP contribution in [0.2, 0.25) is 0 Å². The molecule has 0 spiro atoms. The fraction of sp³-hybridized carbons (Fsp3) is 0.0588. The van der Waals surface area contributed by atoms with Gasteiger partial charge in [0.05, 0.1) is 17.7 Å². The van der Waals surface area contributed by atoms with Crippen molar-refractivity contribution < 1.29 is 14.5 Å². The van der Waals surface area contributed by atoms with Crippen molar-refractivity contribution in [3.8, 4) is 11.8 Å². The van der Waals surface area contributed by atoms with Crippen LogP contribution in [-0.4, -0.2) is 17.9 Å². The van der Waals surface area contributed by atoms with Crippen molar-refractivity contribution in [3.05, 3.63) is 68.2 Å². The van der Waals surface area contributed by atoms with Crippen LogP contribution in [0.15, 0.2) is 52.5 Å². The Morgan fingerprint density at radius 3 is 2.52 bits per heavy atom. The third-order valence-corrected chi connectivity index (χ3v) is 3.86. The Bertz CT molecular complexity index is 886. The quantitative estimate of drug-likeness (QED) is 0.353.